The number of carbonyl (C=O) groups is 1. The molecule has 1 saturated carbocycles. The fourth-order valence-electron chi connectivity index (χ4n) is 3.74. The second-order valence-corrected chi connectivity index (χ2v) is 6.41. The monoisotopic (exact) mass is 282 g/mol. The number of rotatable bonds is 6. The van der Waals surface area contributed by atoms with Gasteiger partial charge in [-0.2, -0.15) is 0 Å². The van der Waals surface area contributed by atoms with Gasteiger partial charge in [-0.15, -0.1) is 0 Å². The summed E-state index contributed by atoms with van der Waals surface area (Å²) in [6.07, 6.45) is 8.19. The zero-order valence-electron chi connectivity index (χ0n) is 13.1. The normalized spacial score (nSPS) is 28.7. The third kappa shape index (κ3) is 4.74. The van der Waals surface area contributed by atoms with E-state index in [9.17, 15) is 4.79 Å². The van der Waals surface area contributed by atoms with Crippen molar-refractivity contribution in [3.05, 3.63) is 0 Å². The highest BCUT2D eigenvalue weighted by molar-refractivity contribution is 5.69. The first-order valence-electron chi connectivity index (χ1n) is 8.26. The maximum absolute atomic E-state index is 11.3. The minimum atomic E-state index is -0.0704. The van der Waals surface area contributed by atoms with Gasteiger partial charge in [-0.05, 0) is 38.1 Å². The highest BCUT2D eigenvalue weighted by Gasteiger charge is 2.28. The van der Waals surface area contributed by atoms with Gasteiger partial charge in [0, 0.05) is 31.6 Å². The molecule has 2 fully saturated rings. The Hall–Kier alpha value is -0.610. The molecule has 1 N–H and O–H groups in total. The van der Waals surface area contributed by atoms with E-state index in [4.69, 9.17) is 4.74 Å². The first-order valence-corrected chi connectivity index (χ1v) is 8.26. The number of likely N-dealkylation sites (tertiary alicyclic amines) is 1. The van der Waals surface area contributed by atoms with Crippen LogP contribution in [0.3, 0.4) is 0 Å². The van der Waals surface area contributed by atoms with Gasteiger partial charge in [-0.1, -0.05) is 19.8 Å². The van der Waals surface area contributed by atoms with Crippen LogP contribution in [0, 0.1) is 5.92 Å². The lowest BCUT2D eigenvalue weighted by Crippen LogP contribution is -2.51. The number of ether oxygens (including phenoxy) is 1. The van der Waals surface area contributed by atoms with Crippen LogP contribution in [0.25, 0.3) is 0 Å². The Kier molecular flexibility index (Phi) is 6.30. The highest BCUT2D eigenvalue weighted by Crippen LogP contribution is 2.24. The molecule has 116 valence electrons. The van der Waals surface area contributed by atoms with Crippen molar-refractivity contribution in [3.8, 4) is 0 Å². The van der Waals surface area contributed by atoms with Crippen molar-refractivity contribution < 1.29 is 9.53 Å². The van der Waals surface area contributed by atoms with Crippen molar-refractivity contribution in [2.24, 2.45) is 5.92 Å². The summed E-state index contributed by atoms with van der Waals surface area (Å²) in [6.45, 7) is 5.64. The summed E-state index contributed by atoms with van der Waals surface area (Å²) >= 11 is 0. The topological polar surface area (TPSA) is 41.6 Å². The smallest absolute Gasteiger partial charge is 0.305 e. The quantitative estimate of drug-likeness (QED) is 0.758. The summed E-state index contributed by atoms with van der Waals surface area (Å²) in [5.74, 6) is 0.556. The number of nitrogens with zero attached hydrogens (tertiary/aromatic N) is 1. The molecule has 2 rings (SSSR count). The molecular formula is C16H30N2O2. The first-order chi connectivity index (χ1) is 9.71. The summed E-state index contributed by atoms with van der Waals surface area (Å²) in [5, 5.41) is 3.86. The van der Waals surface area contributed by atoms with Crippen LogP contribution in [0.4, 0.5) is 0 Å². The first kappa shape index (κ1) is 15.8. The van der Waals surface area contributed by atoms with Crippen molar-refractivity contribution in [1.82, 2.24) is 10.2 Å². The van der Waals surface area contributed by atoms with Crippen LogP contribution in [0.1, 0.15) is 51.9 Å². The molecule has 0 aromatic heterocycles. The predicted molar refractivity (Wildman–Crippen MR) is 80.7 cm³/mol. The van der Waals surface area contributed by atoms with Crippen LogP contribution in [-0.2, 0) is 9.53 Å². The summed E-state index contributed by atoms with van der Waals surface area (Å²) in [5.41, 5.74) is 0. The molecule has 1 saturated heterocycles. The summed E-state index contributed by atoms with van der Waals surface area (Å²) < 4.78 is 4.76. The molecular weight excluding hydrogens is 252 g/mol. The van der Waals surface area contributed by atoms with Gasteiger partial charge in [0.1, 0.15) is 0 Å². The van der Waals surface area contributed by atoms with E-state index < -0.39 is 0 Å². The Balaban J connectivity index is 1.80. The molecule has 4 heteroatoms. The van der Waals surface area contributed by atoms with E-state index in [0.29, 0.717) is 18.4 Å². The van der Waals surface area contributed by atoms with Crippen LogP contribution >= 0.6 is 0 Å². The molecule has 4 nitrogen and oxygen atoms in total. The van der Waals surface area contributed by atoms with Crippen molar-refractivity contribution >= 4 is 5.97 Å². The lowest BCUT2D eigenvalue weighted by Gasteiger charge is -2.39. The number of likely N-dealkylation sites (N-methyl/N-ethyl adjacent to an activating group) is 1. The Morgan fingerprint density at radius 3 is 2.65 bits per heavy atom. The SMILES string of the molecule is CCN1CC(CCC(=O)OC)CC(NC2CCCC2)C1. The molecule has 0 spiro atoms. The van der Waals surface area contributed by atoms with Gasteiger partial charge in [0.15, 0.2) is 0 Å². The lowest BCUT2D eigenvalue weighted by atomic mass is 9.90. The number of hydrogen-bond donors (Lipinski definition) is 1. The summed E-state index contributed by atoms with van der Waals surface area (Å²) in [4.78, 5) is 13.8. The maximum atomic E-state index is 11.3. The number of nitrogens with one attached hydrogen (secondary N) is 1. The Morgan fingerprint density at radius 2 is 2.00 bits per heavy atom. The molecule has 0 amide bonds. The van der Waals surface area contributed by atoms with Crippen molar-refractivity contribution in [2.45, 2.75) is 64.0 Å². The average Bonchev–Trinajstić information content (AvgIpc) is 2.97. The largest absolute Gasteiger partial charge is 0.469 e. The fraction of sp³-hybridized carbons (Fsp3) is 0.938. The van der Waals surface area contributed by atoms with Crippen LogP contribution in [-0.4, -0.2) is 49.7 Å². The van der Waals surface area contributed by atoms with Crippen molar-refractivity contribution in [2.75, 3.05) is 26.7 Å². The average molecular weight is 282 g/mol. The van der Waals surface area contributed by atoms with E-state index in [-0.39, 0.29) is 5.97 Å². The second kappa shape index (κ2) is 7.99. The van der Waals surface area contributed by atoms with E-state index in [2.05, 4.69) is 17.1 Å². The Labute approximate surface area is 123 Å². The van der Waals surface area contributed by atoms with E-state index in [1.807, 2.05) is 0 Å². The van der Waals surface area contributed by atoms with Gasteiger partial charge in [-0.3, -0.25) is 4.79 Å². The van der Waals surface area contributed by atoms with Gasteiger partial charge >= 0.3 is 5.97 Å². The minimum Gasteiger partial charge on any atom is -0.469 e. The van der Waals surface area contributed by atoms with Gasteiger partial charge in [0.2, 0.25) is 0 Å². The molecule has 1 heterocycles. The minimum absolute atomic E-state index is 0.0704. The molecule has 0 aromatic rings. The summed E-state index contributed by atoms with van der Waals surface area (Å²) in [6, 6.07) is 1.34. The zero-order chi connectivity index (χ0) is 14.4. The lowest BCUT2D eigenvalue weighted by molar-refractivity contribution is -0.141. The number of esters is 1. The number of methoxy groups -OCH3 is 1. The number of carbonyl (C=O) groups excluding carboxylic acids is 1. The molecule has 0 aromatic carbocycles. The van der Waals surface area contributed by atoms with Gasteiger partial charge in [0.05, 0.1) is 7.11 Å². The van der Waals surface area contributed by atoms with Gasteiger partial charge in [-0.25, -0.2) is 0 Å². The Bertz CT molecular complexity index is 303. The maximum Gasteiger partial charge on any atom is 0.305 e. The molecule has 20 heavy (non-hydrogen) atoms. The van der Waals surface area contributed by atoms with Crippen LogP contribution in [0.15, 0.2) is 0 Å². The van der Waals surface area contributed by atoms with Crippen LogP contribution in [0.5, 0.6) is 0 Å². The Morgan fingerprint density at radius 1 is 1.25 bits per heavy atom. The van der Waals surface area contributed by atoms with Crippen LogP contribution in [0.2, 0.25) is 0 Å². The third-order valence-electron chi connectivity index (χ3n) is 4.87. The van der Waals surface area contributed by atoms with E-state index in [1.54, 1.807) is 0 Å². The molecule has 1 aliphatic heterocycles. The van der Waals surface area contributed by atoms with E-state index in [0.717, 1.165) is 25.6 Å². The summed E-state index contributed by atoms with van der Waals surface area (Å²) in [7, 11) is 1.48. The predicted octanol–water partition coefficient (Wildman–Crippen LogP) is 2.18. The molecule has 2 aliphatic rings. The van der Waals surface area contributed by atoms with Crippen molar-refractivity contribution in [1.29, 1.82) is 0 Å². The van der Waals surface area contributed by atoms with Gasteiger partial charge in [0.25, 0.3) is 0 Å². The van der Waals surface area contributed by atoms with Crippen molar-refractivity contribution in [3.63, 3.8) is 0 Å². The molecule has 0 bridgehead atoms. The molecule has 0 radical (unpaired) electrons. The second-order valence-electron chi connectivity index (χ2n) is 6.41. The molecule has 2 atom stereocenters. The van der Waals surface area contributed by atoms with Crippen LogP contribution < -0.4 is 5.32 Å². The van der Waals surface area contributed by atoms with E-state index >= 15 is 0 Å². The number of piperidine rings is 1. The van der Waals surface area contributed by atoms with Gasteiger partial charge < -0.3 is 15.0 Å². The van der Waals surface area contributed by atoms with E-state index in [1.165, 1.54) is 45.8 Å². The highest BCUT2D eigenvalue weighted by atomic mass is 16.5. The zero-order valence-corrected chi connectivity index (χ0v) is 13.1. The fourth-order valence-corrected chi connectivity index (χ4v) is 3.74. The standard InChI is InChI=1S/C16H30N2O2/c1-3-18-11-13(8-9-16(19)20-2)10-15(12-18)17-14-6-4-5-7-14/h13-15,17H,3-12H2,1-2H3. The molecule has 1 aliphatic carbocycles. The number of hydrogen-bond acceptors (Lipinski definition) is 4. The third-order valence-corrected chi connectivity index (χ3v) is 4.87. The molecule has 2 unspecified atom stereocenters.